The van der Waals surface area contributed by atoms with Gasteiger partial charge in [-0.05, 0) is 38.3 Å². The number of carbonyl (C=O) groups is 3. The van der Waals surface area contributed by atoms with E-state index in [2.05, 4.69) is 0 Å². The van der Waals surface area contributed by atoms with Crippen molar-refractivity contribution in [3.8, 4) is 0 Å². The summed E-state index contributed by atoms with van der Waals surface area (Å²) in [6.45, 7) is 4.19. The highest BCUT2D eigenvalue weighted by molar-refractivity contribution is 6.45. The molecule has 1 aromatic carbocycles. The van der Waals surface area contributed by atoms with E-state index >= 15 is 0 Å². The van der Waals surface area contributed by atoms with Crippen LogP contribution >= 0.6 is 23.2 Å². The average Bonchev–Trinajstić information content (AvgIpc) is 3.53. The van der Waals surface area contributed by atoms with E-state index in [1.54, 1.807) is 6.92 Å². The fraction of sp³-hybridized carbons (Fsp3) is 0.450. The molecule has 0 atom stereocenters. The molecule has 0 bridgehead atoms. The Morgan fingerprint density at radius 1 is 1.21 bits per heavy atom. The maximum absolute atomic E-state index is 13.3. The number of hydrogen-bond donors (Lipinski definition) is 0. The van der Waals surface area contributed by atoms with Crippen LogP contribution in [0.5, 0.6) is 0 Å². The lowest BCUT2D eigenvalue weighted by Crippen LogP contribution is -2.33. The highest BCUT2D eigenvalue weighted by Crippen LogP contribution is 2.39. The molecule has 0 saturated heterocycles. The standard InChI is InChI=1S/C20H23Cl2NO5/c1-4-10-23(20(26)27-3)17-13(8-9-15(21)16(17)22)19(25)14(11-28-5-2)18(24)12-6-7-12/h8-9,11-12H,4-7,10H2,1-3H3. The lowest BCUT2D eigenvalue weighted by atomic mass is 9.96. The van der Waals surface area contributed by atoms with Crippen molar-refractivity contribution in [1.29, 1.82) is 0 Å². The molecule has 0 aliphatic heterocycles. The van der Waals surface area contributed by atoms with Crippen LogP contribution in [0.1, 0.15) is 43.5 Å². The number of anilines is 1. The average molecular weight is 428 g/mol. The first-order valence-corrected chi connectivity index (χ1v) is 9.87. The Balaban J connectivity index is 2.59. The number of nitrogens with zero attached hydrogens (tertiary/aromatic N) is 1. The number of benzene rings is 1. The Labute approximate surface area is 174 Å². The third-order valence-electron chi connectivity index (χ3n) is 4.25. The summed E-state index contributed by atoms with van der Waals surface area (Å²) in [4.78, 5) is 39.5. The normalized spacial score (nSPS) is 13.8. The van der Waals surface area contributed by atoms with Crippen molar-refractivity contribution in [3.63, 3.8) is 0 Å². The molecule has 28 heavy (non-hydrogen) atoms. The number of rotatable bonds is 9. The first-order chi connectivity index (χ1) is 13.4. The van der Waals surface area contributed by atoms with Gasteiger partial charge in [-0.15, -0.1) is 0 Å². The molecule has 152 valence electrons. The molecule has 2 rings (SSSR count). The highest BCUT2D eigenvalue weighted by Gasteiger charge is 2.37. The van der Waals surface area contributed by atoms with Crippen molar-refractivity contribution < 1.29 is 23.9 Å². The predicted molar refractivity (Wildman–Crippen MR) is 108 cm³/mol. The van der Waals surface area contributed by atoms with Crippen LogP contribution in [0.15, 0.2) is 24.0 Å². The quantitative estimate of drug-likeness (QED) is 0.181. The van der Waals surface area contributed by atoms with Gasteiger partial charge in [-0.1, -0.05) is 30.1 Å². The van der Waals surface area contributed by atoms with Crippen LogP contribution in [0.2, 0.25) is 10.0 Å². The van der Waals surface area contributed by atoms with Crippen LogP contribution in [0.4, 0.5) is 10.5 Å². The highest BCUT2D eigenvalue weighted by atomic mass is 35.5. The zero-order valence-electron chi connectivity index (χ0n) is 16.1. The molecule has 1 fully saturated rings. The molecule has 0 heterocycles. The van der Waals surface area contributed by atoms with E-state index in [0.29, 0.717) is 13.0 Å². The van der Waals surface area contributed by atoms with E-state index in [4.69, 9.17) is 32.7 Å². The number of ether oxygens (including phenoxy) is 2. The molecule has 8 heteroatoms. The van der Waals surface area contributed by atoms with Crippen molar-refractivity contribution in [2.24, 2.45) is 5.92 Å². The van der Waals surface area contributed by atoms with Gasteiger partial charge in [0.2, 0.25) is 5.78 Å². The number of halogens is 2. The number of allylic oxidation sites excluding steroid dienone is 1. The SMILES string of the molecule is CCCN(C(=O)OC)c1c(C(=O)C(=COCC)C(=O)C2CC2)ccc(Cl)c1Cl. The van der Waals surface area contributed by atoms with E-state index in [-0.39, 0.29) is 45.1 Å². The molecule has 1 aliphatic rings. The van der Waals surface area contributed by atoms with E-state index in [1.807, 2.05) is 6.92 Å². The molecular weight excluding hydrogens is 405 g/mol. The van der Waals surface area contributed by atoms with Crippen LogP contribution in [-0.4, -0.2) is 37.9 Å². The molecule has 1 aliphatic carbocycles. The zero-order chi connectivity index (χ0) is 20.8. The first kappa shape index (κ1) is 22.2. The number of methoxy groups -OCH3 is 1. The fourth-order valence-electron chi connectivity index (χ4n) is 2.72. The summed E-state index contributed by atoms with van der Waals surface area (Å²) in [6, 6.07) is 2.92. The lowest BCUT2D eigenvalue weighted by Gasteiger charge is -2.25. The summed E-state index contributed by atoms with van der Waals surface area (Å²) in [5.41, 5.74) is 0.150. The van der Waals surface area contributed by atoms with Crippen LogP contribution in [0, 0.1) is 5.92 Å². The molecule has 1 saturated carbocycles. The minimum Gasteiger partial charge on any atom is -0.501 e. The molecule has 0 unspecified atom stereocenters. The van der Waals surface area contributed by atoms with Crippen molar-refractivity contribution in [2.75, 3.05) is 25.2 Å². The number of ketones is 2. The van der Waals surface area contributed by atoms with Gasteiger partial charge in [0.15, 0.2) is 5.78 Å². The fourth-order valence-corrected chi connectivity index (χ4v) is 3.14. The van der Waals surface area contributed by atoms with Crippen LogP contribution in [0.25, 0.3) is 0 Å². The second-order valence-electron chi connectivity index (χ2n) is 6.33. The smallest absolute Gasteiger partial charge is 0.414 e. The molecule has 1 aromatic rings. The second-order valence-corrected chi connectivity index (χ2v) is 7.12. The van der Waals surface area contributed by atoms with Gasteiger partial charge < -0.3 is 9.47 Å². The first-order valence-electron chi connectivity index (χ1n) is 9.11. The van der Waals surface area contributed by atoms with E-state index < -0.39 is 11.9 Å². The Kier molecular flexibility index (Phi) is 7.89. The van der Waals surface area contributed by atoms with E-state index in [9.17, 15) is 14.4 Å². The Hall–Kier alpha value is -2.05. The number of amides is 1. The third kappa shape index (κ3) is 4.86. The third-order valence-corrected chi connectivity index (χ3v) is 5.05. The number of hydrogen-bond acceptors (Lipinski definition) is 5. The van der Waals surface area contributed by atoms with Crippen molar-refractivity contribution in [2.45, 2.75) is 33.1 Å². The molecule has 6 nitrogen and oxygen atoms in total. The van der Waals surface area contributed by atoms with Crippen LogP contribution in [-0.2, 0) is 14.3 Å². The Bertz CT molecular complexity index is 802. The zero-order valence-corrected chi connectivity index (χ0v) is 17.6. The monoisotopic (exact) mass is 427 g/mol. The van der Waals surface area contributed by atoms with Gasteiger partial charge >= 0.3 is 6.09 Å². The largest absolute Gasteiger partial charge is 0.501 e. The minimum absolute atomic E-state index is 0.0426. The predicted octanol–water partition coefficient (Wildman–Crippen LogP) is 5.06. The van der Waals surface area contributed by atoms with Crippen molar-refractivity contribution in [3.05, 3.63) is 39.6 Å². The summed E-state index contributed by atoms with van der Waals surface area (Å²) in [7, 11) is 1.24. The van der Waals surface area contributed by atoms with Gasteiger partial charge in [0.25, 0.3) is 0 Å². The van der Waals surface area contributed by atoms with Crippen molar-refractivity contribution >= 4 is 46.5 Å². The molecule has 0 N–H and O–H groups in total. The molecular formula is C20H23Cl2NO5. The van der Waals surface area contributed by atoms with Crippen molar-refractivity contribution in [1.82, 2.24) is 0 Å². The van der Waals surface area contributed by atoms with E-state index in [0.717, 1.165) is 12.8 Å². The maximum atomic E-state index is 13.3. The van der Waals surface area contributed by atoms with Gasteiger partial charge in [0, 0.05) is 18.0 Å². The lowest BCUT2D eigenvalue weighted by molar-refractivity contribution is -0.116. The molecule has 1 amide bonds. The molecule has 0 radical (unpaired) electrons. The van der Waals surface area contributed by atoms with Gasteiger partial charge in [-0.3, -0.25) is 14.5 Å². The maximum Gasteiger partial charge on any atom is 0.414 e. The summed E-state index contributed by atoms with van der Waals surface area (Å²) >= 11 is 12.5. The number of carbonyl (C=O) groups excluding carboxylic acids is 3. The Morgan fingerprint density at radius 2 is 1.89 bits per heavy atom. The van der Waals surface area contributed by atoms with Gasteiger partial charge in [-0.2, -0.15) is 0 Å². The Morgan fingerprint density at radius 3 is 2.43 bits per heavy atom. The minimum atomic E-state index is -0.677. The van der Waals surface area contributed by atoms with Crippen LogP contribution in [0.3, 0.4) is 0 Å². The van der Waals surface area contributed by atoms with Crippen LogP contribution < -0.4 is 4.90 Å². The summed E-state index contributed by atoms with van der Waals surface area (Å²) < 4.78 is 10.1. The molecule has 0 spiro atoms. The summed E-state index contributed by atoms with van der Waals surface area (Å²) in [6.07, 6.45) is 2.59. The second kappa shape index (κ2) is 9.94. The van der Waals surface area contributed by atoms with Gasteiger partial charge in [-0.25, -0.2) is 4.79 Å². The van der Waals surface area contributed by atoms with Gasteiger partial charge in [0.05, 0.1) is 35.7 Å². The summed E-state index contributed by atoms with van der Waals surface area (Å²) in [5, 5.41) is 0.225. The molecule has 0 aromatic heterocycles. The van der Waals surface area contributed by atoms with Gasteiger partial charge in [0.1, 0.15) is 5.57 Å². The van der Waals surface area contributed by atoms with E-state index in [1.165, 1.54) is 30.4 Å². The summed E-state index contributed by atoms with van der Waals surface area (Å²) in [5.74, 6) is -1.01. The number of Topliss-reactive ketones (excluding diaryl/α,β-unsaturated/α-hetero) is 2. The topological polar surface area (TPSA) is 72.9 Å².